The fraction of sp³-hybridized carbons (Fsp3) is 0.452. The number of fused-ring (bicyclic) bond motifs is 3. The van der Waals surface area contributed by atoms with E-state index in [1.165, 1.54) is 47.7 Å². The lowest BCUT2D eigenvalue weighted by atomic mass is 9.74. The van der Waals surface area contributed by atoms with Gasteiger partial charge in [0.05, 0.1) is 18.4 Å². The second kappa shape index (κ2) is 10.5. The van der Waals surface area contributed by atoms with Crippen LogP contribution in [0.15, 0.2) is 54.7 Å². The molecule has 8 nitrogen and oxygen atoms in total. The number of benzene rings is 2. The predicted octanol–water partition coefficient (Wildman–Crippen LogP) is 5.32. The standard InChI is InChI=1S/C31H36N4O4/c1-34-28(26(18-33-34)29(36)37)19-35(21-13-16-32-31(17-21)14-7-2-8-15-31)30(38)39-20-27-24-11-5-3-9-22(24)23-10-4-6-12-25(23)27/h3-6,9-12,18,21,27,32H,2,7-8,13-17,19-20H2,1H3,(H,36,37). The average molecular weight is 529 g/mol. The number of carboxylic acid groups (broad SMARTS) is 1. The molecule has 1 saturated carbocycles. The largest absolute Gasteiger partial charge is 0.478 e. The topological polar surface area (TPSA) is 96.7 Å². The zero-order chi connectivity index (χ0) is 27.0. The number of rotatable bonds is 6. The normalized spacial score (nSPS) is 19.9. The van der Waals surface area contributed by atoms with Crippen molar-refractivity contribution in [1.82, 2.24) is 20.0 Å². The highest BCUT2D eigenvalue weighted by Crippen LogP contribution is 2.44. The molecule has 2 N–H and O–H groups in total. The van der Waals surface area contributed by atoms with Gasteiger partial charge in [-0.25, -0.2) is 9.59 Å². The van der Waals surface area contributed by atoms with Gasteiger partial charge in [0.1, 0.15) is 12.2 Å². The zero-order valence-corrected chi connectivity index (χ0v) is 22.4. The Hall–Kier alpha value is -3.65. The minimum Gasteiger partial charge on any atom is -0.478 e. The number of nitrogens with one attached hydrogen (secondary N) is 1. The molecule has 2 aromatic carbocycles. The molecule has 1 amide bonds. The highest BCUT2D eigenvalue weighted by atomic mass is 16.6. The number of carbonyl (C=O) groups is 2. The van der Waals surface area contributed by atoms with Crippen LogP contribution >= 0.6 is 0 Å². The second-order valence-electron chi connectivity index (χ2n) is 11.3. The summed E-state index contributed by atoms with van der Waals surface area (Å²) in [6.45, 7) is 1.21. The third-order valence-electron chi connectivity index (χ3n) is 9.04. The van der Waals surface area contributed by atoms with E-state index in [-0.39, 0.29) is 36.2 Å². The minimum atomic E-state index is -1.04. The Morgan fingerprint density at radius 1 is 1.08 bits per heavy atom. The quantitative estimate of drug-likeness (QED) is 0.449. The summed E-state index contributed by atoms with van der Waals surface area (Å²) in [5.41, 5.74) is 5.36. The number of aryl methyl sites for hydroxylation is 1. The van der Waals surface area contributed by atoms with Crippen molar-refractivity contribution in [3.8, 4) is 11.1 Å². The molecule has 0 bridgehead atoms. The Bertz CT molecular complexity index is 1330. The summed E-state index contributed by atoms with van der Waals surface area (Å²) < 4.78 is 7.67. The highest BCUT2D eigenvalue weighted by Gasteiger charge is 2.41. The molecule has 2 fully saturated rings. The fourth-order valence-corrected chi connectivity index (χ4v) is 7.01. The molecular weight excluding hydrogens is 492 g/mol. The lowest BCUT2D eigenvalue weighted by Gasteiger charge is -2.47. The molecular formula is C31H36N4O4. The van der Waals surface area contributed by atoms with E-state index in [0.29, 0.717) is 5.69 Å². The van der Waals surface area contributed by atoms with Crippen LogP contribution in [0.1, 0.15) is 78.0 Å². The molecule has 2 heterocycles. The number of hydrogen-bond donors (Lipinski definition) is 2. The molecule has 3 aromatic rings. The molecule has 8 heteroatoms. The predicted molar refractivity (Wildman–Crippen MR) is 148 cm³/mol. The lowest BCUT2D eigenvalue weighted by Crippen LogP contribution is -2.58. The third-order valence-corrected chi connectivity index (χ3v) is 9.04. The maximum atomic E-state index is 13.9. The van der Waals surface area contributed by atoms with Gasteiger partial charge in [0.15, 0.2) is 0 Å². The van der Waals surface area contributed by atoms with Crippen LogP contribution in [0.4, 0.5) is 4.79 Å². The molecule has 1 aliphatic heterocycles. The average Bonchev–Trinajstić information content (AvgIpc) is 3.48. The lowest BCUT2D eigenvalue weighted by molar-refractivity contribution is 0.0482. The summed E-state index contributed by atoms with van der Waals surface area (Å²) in [5.74, 6) is -1.08. The second-order valence-corrected chi connectivity index (χ2v) is 11.3. The van der Waals surface area contributed by atoms with Crippen LogP contribution in [-0.4, -0.2) is 56.6 Å². The van der Waals surface area contributed by atoms with Gasteiger partial charge in [0.2, 0.25) is 0 Å². The first kappa shape index (κ1) is 25.6. The van der Waals surface area contributed by atoms with Crippen molar-refractivity contribution in [2.24, 2.45) is 7.05 Å². The van der Waals surface area contributed by atoms with Gasteiger partial charge in [-0.05, 0) is 54.5 Å². The molecule has 1 saturated heterocycles. The van der Waals surface area contributed by atoms with Crippen molar-refractivity contribution >= 4 is 12.1 Å². The summed E-state index contributed by atoms with van der Waals surface area (Å²) in [5, 5.41) is 17.7. The third kappa shape index (κ3) is 4.82. The van der Waals surface area contributed by atoms with E-state index >= 15 is 0 Å². The van der Waals surface area contributed by atoms with E-state index in [1.54, 1.807) is 16.6 Å². The van der Waals surface area contributed by atoms with Crippen molar-refractivity contribution < 1.29 is 19.4 Å². The first-order valence-corrected chi connectivity index (χ1v) is 14.1. The molecule has 204 valence electrons. The molecule has 2 aliphatic carbocycles. The van der Waals surface area contributed by atoms with Crippen LogP contribution in [0.5, 0.6) is 0 Å². The summed E-state index contributed by atoms with van der Waals surface area (Å²) in [7, 11) is 1.72. The van der Waals surface area contributed by atoms with Crippen LogP contribution < -0.4 is 5.32 Å². The van der Waals surface area contributed by atoms with Gasteiger partial charge in [-0.3, -0.25) is 9.58 Å². The number of nitrogens with zero attached hydrogens (tertiary/aromatic N) is 3. The molecule has 1 spiro atoms. The number of aromatic carboxylic acids is 1. The maximum absolute atomic E-state index is 13.9. The smallest absolute Gasteiger partial charge is 0.410 e. The number of carboxylic acids is 1. The molecule has 1 atom stereocenters. The van der Waals surface area contributed by atoms with E-state index in [9.17, 15) is 14.7 Å². The van der Waals surface area contributed by atoms with Crippen molar-refractivity contribution in [2.45, 2.75) is 69.0 Å². The molecule has 6 rings (SSSR count). The number of hydrogen-bond acceptors (Lipinski definition) is 5. The Morgan fingerprint density at radius 3 is 2.41 bits per heavy atom. The summed E-state index contributed by atoms with van der Waals surface area (Å²) in [6.07, 6.45) is 8.45. The van der Waals surface area contributed by atoms with Crippen molar-refractivity contribution in [3.63, 3.8) is 0 Å². The maximum Gasteiger partial charge on any atom is 0.410 e. The van der Waals surface area contributed by atoms with Crippen LogP contribution in [0, 0.1) is 0 Å². The van der Waals surface area contributed by atoms with E-state index < -0.39 is 12.1 Å². The molecule has 1 aromatic heterocycles. The van der Waals surface area contributed by atoms with E-state index in [1.807, 2.05) is 24.3 Å². The van der Waals surface area contributed by atoms with E-state index in [4.69, 9.17) is 4.74 Å². The number of carbonyl (C=O) groups excluding carboxylic acids is 1. The molecule has 39 heavy (non-hydrogen) atoms. The van der Waals surface area contributed by atoms with Gasteiger partial charge in [0.25, 0.3) is 0 Å². The molecule has 1 unspecified atom stereocenters. The van der Waals surface area contributed by atoms with Crippen molar-refractivity contribution in [3.05, 3.63) is 77.1 Å². The minimum absolute atomic E-state index is 0.0329. The van der Waals surface area contributed by atoms with Crippen LogP contribution in [0.25, 0.3) is 11.1 Å². The molecule has 0 radical (unpaired) electrons. The van der Waals surface area contributed by atoms with Crippen molar-refractivity contribution in [2.75, 3.05) is 13.2 Å². The van der Waals surface area contributed by atoms with Gasteiger partial charge in [-0.15, -0.1) is 0 Å². The number of amides is 1. The van der Waals surface area contributed by atoms with E-state index in [0.717, 1.165) is 32.2 Å². The fourth-order valence-electron chi connectivity index (χ4n) is 7.01. The van der Waals surface area contributed by atoms with E-state index in [2.05, 4.69) is 34.7 Å². The van der Waals surface area contributed by atoms with Gasteiger partial charge >= 0.3 is 12.1 Å². The Morgan fingerprint density at radius 2 is 1.74 bits per heavy atom. The first-order chi connectivity index (χ1) is 19.0. The summed E-state index contributed by atoms with van der Waals surface area (Å²) in [6, 6.07) is 16.6. The van der Waals surface area contributed by atoms with Gasteiger partial charge < -0.3 is 15.2 Å². The number of aromatic nitrogens is 2. The number of ether oxygens (including phenoxy) is 1. The Labute approximate surface area is 229 Å². The monoisotopic (exact) mass is 528 g/mol. The molecule has 3 aliphatic rings. The first-order valence-electron chi connectivity index (χ1n) is 14.1. The number of piperidine rings is 1. The zero-order valence-electron chi connectivity index (χ0n) is 22.4. The Balaban J connectivity index is 1.27. The van der Waals surface area contributed by atoms with Gasteiger partial charge in [-0.2, -0.15) is 5.10 Å². The van der Waals surface area contributed by atoms with Gasteiger partial charge in [0, 0.05) is 24.5 Å². The van der Waals surface area contributed by atoms with Crippen LogP contribution in [0.3, 0.4) is 0 Å². The summed E-state index contributed by atoms with van der Waals surface area (Å²) >= 11 is 0. The highest BCUT2D eigenvalue weighted by molar-refractivity contribution is 5.88. The Kier molecular flexibility index (Phi) is 6.89. The van der Waals surface area contributed by atoms with Gasteiger partial charge in [-0.1, -0.05) is 67.8 Å². The summed E-state index contributed by atoms with van der Waals surface area (Å²) in [4.78, 5) is 27.6. The van der Waals surface area contributed by atoms with Crippen LogP contribution in [0.2, 0.25) is 0 Å². The SMILES string of the molecule is Cn1ncc(C(=O)O)c1CN(C(=O)OCC1c2ccccc2-c2ccccc21)C1CCNC2(CCCCC2)C1. The van der Waals surface area contributed by atoms with Crippen LogP contribution in [-0.2, 0) is 18.3 Å². The van der Waals surface area contributed by atoms with Crippen molar-refractivity contribution in [1.29, 1.82) is 0 Å².